The highest BCUT2D eigenvalue weighted by Gasteiger charge is 2.24. The molecule has 2 aliphatic heterocycles. The van der Waals surface area contributed by atoms with Crippen LogP contribution in [0.2, 0.25) is 0 Å². The van der Waals surface area contributed by atoms with Crippen molar-refractivity contribution in [2.75, 3.05) is 0 Å². The zero-order chi connectivity index (χ0) is 17.3. The lowest BCUT2D eigenvalue weighted by Crippen LogP contribution is -2.00. The fourth-order valence-electron chi connectivity index (χ4n) is 3.27. The van der Waals surface area contributed by atoms with Crippen molar-refractivity contribution < 1.29 is 0 Å². The molecule has 0 nitrogen and oxygen atoms in total. The van der Waals surface area contributed by atoms with E-state index in [9.17, 15) is 0 Å². The summed E-state index contributed by atoms with van der Waals surface area (Å²) < 4.78 is 1.21. The molecule has 0 N–H and O–H groups in total. The molecule has 5 rings (SSSR count). The molecule has 2 heterocycles. The molecule has 0 fully saturated rings. The summed E-state index contributed by atoms with van der Waals surface area (Å²) in [5, 5.41) is 0. The molecule has 0 radical (unpaired) electrons. The van der Waals surface area contributed by atoms with E-state index in [1.807, 2.05) is 47.0 Å². The summed E-state index contributed by atoms with van der Waals surface area (Å²) in [6, 6.07) is 26.8. The van der Waals surface area contributed by atoms with E-state index in [1.54, 1.807) is 0 Å². The Hall–Kier alpha value is -0.940. The molecule has 3 aromatic carbocycles. The first-order chi connectivity index (χ1) is 12.8. The van der Waals surface area contributed by atoms with Crippen molar-refractivity contribution in [3.05, 3.63) is 83.9 Å². The van der Waals surface area contributed by atoms with E-state index in [1.165, 1.54) is 30.7 Å². The number of rotatable bonds is 4. The second kappa shape index (κ2) is 7.59. The molecule has 4 heteroatoms. The Bertz CT molecular complexity index is 793. The van der Waals surface area contributed by atoms with Gasteiger partial charge in [-0.2, -0.15) is 0 Å². The van der Waals surface area contributed by atoms with Gasteiger partial charge in [-0.15, -0.1) is 47.0 Å². The highest BCUT2D eigenvalue weighted by molar-refractivity contribution is 8.20. The topological polar surface area (TPSA) is 0 Å². The SMILES string of the molecule is c1ccc2c(c1)SC(Cc1ccc(CC3Sc4ccccc4S3)cc1)S2. The molecule has 0 bridgehead atoms. The van der Waals surface area contributed by atoms with Gasteiger partial charge < -0.3 is 0 Å². The number of fused-ring (bicyclic) bond motifs is 2. The van der Waals surface area contributed by atoms with Gasteiger partial charge in [-0.1, -0.05) is 48.5 Å². The van der Waals surface area contributed by atoms with E-state index in [0.29, 0.717) is 9.16 Å². The van der Waals surface area contributed by atoms with Crippen molar-refractivity contribution >= 4 is 47.0 Å². The Kier molecular flexibility index (Phi) is 5.01. The van der Waals surface area contributed by atoms with Crippen molar-refractivity contribution in [3.63, 3.8) is 0 Å². The number of benzene rings is 3. The average molecular weight is 411 g/mol. The molecule has 0 spiro atoms. The molecule has 0 saturated heterocycles. The summed E-state index contributed by atoms with van der Waals surface area (Å²) >= 11 is 8.04. The van der Waals surface area contributed by atoms with Crippen molar-refractivity contribution in [2.45, 2.75) is 41.6 Å². The summed E-state index contributed by atoms with van der Waals surface area (Å²) in [4.78, 5) is 5.76. The number of hydrogen-bond donors (Lipinski definition) is 0. The van der Waals surface area contributed by atoms with E-state index >= 15 is 0 Å². The van der Waals surface area contributed by atoms with E-state index < -0.39 is 0 Å². The third-order valence-electron chi connectivity index (χ3n) is 4.56. The fourth-order valence-corrected chi connectivity index (χ4v) is 9.07. The lowest BCUT2D eigenvalue weighted by molar-refractivity contribution is 1.08. The molecule has 26 heavy (non-hydrogen) atoms. The summed E-state index contributed by atoms with van der Waals surface area (Å²) in [6.45, 7) is 0. The Morgan fingerprint density at radius 3 is 1.08 bits per heavy atom. The van der Waals surface area contributed by atoms with Crippen LogP contribution in [-0.4, -0.2) is 9.16 Å². The predicted octanol–water partition coefficient (Wildman–Crippen LogP) is 7.22. The van der Waals surface area contributed by atoms with Gasteiger partial charge in [0.1, 0.15) is 0 Å². The van der Waals surface area contributed by atoms with E-state index in [2.05, 4.69) is 72.8 Å². The number of thioether (sulfide) groups is 4. The third kappa shape index (κ3) is 3.70. The Morgan fingerprint density at radius 1 is 0.462 bits per heavy atom. The minimum atomic E-state index is 0.605. The van der Waals surface area contributed by atoms with Gasteiger partial charge in [0.25, 0.3) is 0 Å². The van der Waals surface area contributed by atoms with E-state index in [-0.39, 0.29) is 0 Å². The van der Waals surface area contributed by atoms with Crippen LogP contribution in [0.5, 0.6) is 0 Å². The van der Waals surface area contributed by atoms with Crippen LogP contribution in [0.15, 0.2) is 92.4 Å². The molecule has 0 amide bonds. The van der Waals surface area contributed by atoms with Gasteiger partial charge in [-0.25, -0.2) is 0 Å². The lowest BCUT2D eigenvalue weighted by atomic mass is 10.1. The molecule has 0 aliphatic carbocycles. The molecule has 0 aromatic heterocycles. The van der Waals surface area contributed by atoms with Gasteiger partial charge in [0.05, 0.1) is 9.16 Å². The highest BCUT2D eigenvalue weighted by atomic mass is 32.2. The monoisotopic (exact) mass is 410 g/mol. The second-order valence-electron chi connectivity index (χ2n) is 6.45. The summed E-state index contributed by atoms with van der Waals surface area (Å²) in [5.41, 5.74) is 2.89. The zero-order valence-corrected chi connectivity index (χ0v) is 17.4. The molecule has 130 valence electrons. The molecule has 0 unspecified atom stereocenters. The number of hydrogen-bond acceptors (Lipinski definition) is 4. The van der Waals surface area contributed by atoms with Crippen LogP contribution >= 0.6 is 47.0 Å². The van der Waals surface area contributed by atoms with Crippen LogP contribution in [-0.2, 0) is 12.8 Å². The molecular formula is C22H18S4. The van der Waals surface area contributed by atoms with Gasteiger partial charge in [0.2, 0.25) is 0 Å². The van der Waals surface area contributed by atoms with Crippen LogP contribution in [0.3, 0.4) is 0 Å². The second-order valence-corrected chi connectivity index (χ2v) is 12.0. The first-order valence-corrected chi connectivity index (χ1v) is 12.3. The molecule has 0 atom stereocenters. The lowest BCUT2D eigenvalue weighted by Gasteiger charge is -2.11. The molecular weight excluding hydrogens is 393 g/mol. The summed E-state index contributed by atoms with van der Waals surface area (Å²) in [7, 11) is 0. The molecule has 3 aromatic rings. The Labute approximate surface area is 171 Å². The maximum atomic E-state index is 2.33. The molecule has 0 saturated carbocycles. The predicted molar refractivity (Wildman–Crippen MR) is 118 cm³/mol. The van der Waals surface area contributed by atoms with Crippen molar-refractivity contribution in [1.82, 2.24) is 0 Å². The minimum Gasteiger partial charge on any atom is -0.110 e. The van der Waals surface area contributed by atoms with Gasteiger partial charge in [-0.3, -0.25) is 0 Å². The van der Waals surface area contributed by atoms with Gasteiger partial charge >= 0.3 is 0 Å². The Morgan fingerprint density at radius 2 is 0.769 bits per heavy atom. The van der Waals surface area contributed by atoms with Gasteiger partial charge in [0, 0.05) is 19.6 Å². The van der Waals surface area contributed by atoms with E-state index in [4.69, 9.17) is 0 Å². The first kappa shape index (κ1) is 17.2. The Balaban J connectivity index is 1.19. The van der Waals surface area contributed by atoms with Crippen LogP contribution in [0.4, 0.5) is 0 Å². The zero-order valence-electron chi connectivity index (χ0n) is 14.1. The minimum absolute atomic E-state index is 0.605. The third-order valence-corrected chi connectivity index (χ3v) is 10.1. The molecule has 2 aliphatic rings. The van der Waals surface area contributed by atoms with Crippen molar-refractivity contribution in [2.24, 2.45) is 0 Å². The van der Waals surface area contributed by atoms with Gasteiger partial charge in [0.15, 0.2) is 0 Å². The fraction of sp³-hybridized carbons (Fsp3) is 0.182. The van der Waals surface area contributed by atoms with Crippen molar-refractivity contribution in [1.29, 1.82) is 0 Å². The maximum Gasteiger partial charge on any atom is 0.0637 e. The quantitative estimate of drug-likeness (QED) is 0.445. The first-order valence-electron chi connectivity index (χ1n) is 8.76. The largest absolute Gasteiger partial charge is 0.110 e. The van der Waals surface area contributed by atoms with Gasteiger partial charge in [-0.05, 0) is 48.2 Å². The van der Waals surface area contributed by atoms with Crippen LogP contribution < -0.4 is 0 Å². The van der Waals surface area contributed by atoms with Crippen molar-refractivity contribution in [3.8, 4) is 0 Å². The van der Waals surface area contributed by atoms with Crippen LogP contribution in [0, 0.1) is 0 Å². The standard InChI is InChI=1S/C22H18S4/c1-2-6-18-17(5-1)23-21(24-18)13-15-9-11-16(12-10-15)14-22-25-19-7-3-4-8-20(19)26-22/h1-12,21-22H,13-14H2. The van der Waals surface area contributed by atoms with E-state index in [0.717, 1.165) is 12.8 Å². The summed E-state index contributed by atoms with van der Waals surface area (Å²) in [5.74, 6) is 0. The maximum absolute atomic E-state index is 2.33. The normalized spacial score (nSPS) is 16.6. The smallest absolute Gasteiger partial charge is 0.0637 e. The summed E-state index contributed by atoms with van der Waals surface area (Å²) in [6.07, 6.45) is 2.26. The average Bonchev–Trinajstić information content (AvgIpc) is 3.25. The highest BCUT2D eigenvalue weighted by Crippen LogP contribution is 2.49. The van der Waals surface area contributed by atoms with Crippen LogP contribution in [0.25, 0.3) is 0 Å². The van der Waals surface area contributed by atoms with Crippen LogP contribution in [0.1, 0.15) is 11.1 Å².